The highest BCUT2D eigenvalue weighted by Crippen LogP contribution is 2.32. The minimum atomic E-state index is -3.00. The average Bonchev–Trinajstić information content (AvgIpc) is 2.71. The van der Waals surface area contributed by atoms with Gasteiger partial charge in [0.25, 0.3) is 0 Å². The number of hydrogen-bond donors (Lipinski definition) is 3. The quantitative estimate of drug-likeness (QED) is 0.251. The van der Waals surface area contributed by atoms with Gasteiger partial charge in [0.15, 0.2) is 17.5 Å². The van der Waals surface area contributed by atoms with Gasteiger partial charge in [-0.15, -0.1) is 24.0 Å². The third-order valence-corrected chi connectivity index (χ3v) is 3.78. The van der Waals surface area contributed by atoms with Gasteiger partial charge in [0, 0.05) is 24.8 Å². The maximum absolute atomic E-state index is 12.9. The topological polar surface area (TPSA) is 84.0 Å². The summed E-state index contributed by atoms with van der Waals surface area (Å²) in [6.07, 6.45) is 0. The van der Waals surface area contributed by atoms with Crippen LogP contribution in [0.25, 0.3) is 0 Å². The number of amides is 1. The number of nitrogens with zero attached hydrogens (tertiary/aromatic N) is 1. The molecule has 2 rings (SSSR count). The Bertz CT molecular complexity index is 867. The molecule has 0 heterocycles. The van der Waals surface area contributed by atoms with E-state index in [2.05, 4.69) is 25.7 Å². The summed E-state index contributed by atoms with van der Waals surface area (Å²) < 4.78 is 48.5. The molecule has 0 aliphatic carbocycles. The van der Waals surface area contributed by atoms with Crippen LogP contribution in [-0.2, 0) is 11.3 Å². The van der Waals surface area contributed by atoms with Crippen LogP contribution >= 0.6 is 24.0 Å². The number of hydrogen-bond acceptors (Lipinski definition) is 4. The summed E-state index contributed by atoms with van der Waals surface area (Å²) in [5.41, 5.74) is 0.882. The molecule has 0 unspecified atom stereocenters. The van der Waals surface area contributed by atoms with Gasteiger partial charge in [0.05, 0.1) is 13.2 Å². The van der Waals surface area contributed by atoms with Crippen LogP contribution in [0.4, 0.5) is 18.9 Å². The lowest BCUT2D eigenvalue weighted by molar-refractivity contribution is -0.115. The predicted molar refractivity (Wildman–Crippen MR) is 123 cm³/mol. The number of carbonyl (C=O) groups excluding carboxylic acids is 1. The lowest BCUT2D eigenvalue weighted by atomic mass is 10.2. The Morgan fingerprint density at radius 3 is 2.45 bits per heavy atom. The fourth-order valence-corrected chi connectivity index (χ4v) is 2.49. The molecule has 0 radical (unpaired) electrons. The summed E-state index contributed by atoms with van der Waals surface area (Å²) in [6, 6.07) is 10.2. The van der Waals surface area contributed by atoms with Crippen molar-refractivity contribution in [3.8, 4) is 11.5 Å². The Labute approximate surface area is 195 Å². The molecular formula is C20H24F3IN4O3. The fraction of sp³-hybridized carbons (Fsp3) is 0.300. The minimum absolute atomic E-state index is 0. The smallest absolute Gasteiger partial charge is 0.387 e. The number of aliphatic imine (C=N–C) groups is 1. The molecule has 7 nitrogen and oxygen atoms in total. The van der Waals surface area contributed by atoms with Crippen molar-refractivity contribution < 1.29 is 27.4 Å². The molecule has 0 aromatic heterocycles. The van der Waals surface area contributed by atoms with Gasteiger partial charge in [-0.1, -0.05) is 12.1 Å². The number of guanidine groups is 1. The van der Waals surface area contributed by atoms with Crippen LogP contribution in [0.15, 0.2) is 47.5 Å². The number of ether oxygens (including phenoxy) is 2. The third kappa shape index (κ3) is 8.90. The number of halogens is 4. The second-order valence-electron chi connectivity index (χ2n) is 5.89. The van der Waals surface area contributed by atoms with Crippen molar-refractivity contribution in [2.75, 3.05) is 25.5 Å². The maximum Gasteiger partial charge on any atom is 0.387 e. The minimum Gasteiger partial charge on any atom is -0.490 e. The number of nitrogens with one attached hydrogen (secondary N) is 3. The van der Waals surface area contributed by atoms with Gasteiger partial charge in [-0.25, -0.2) is 4.39 Å². The second-order valence-corrected chi connectivity index (χ2v) is 5.89. The lowest BCUT2D eigenvalue weighted by Gasteiger charge is -2.17. The van der Waals surface area contributed by atoms with E-state index in [1.807, 2.05) is 0 Å². The normalized spacial score (nSPS) is 10.8. The molecule has 0 atom stereocenters. The Kier molecular flexibility index (Phi) is 11.5. The largest absolute Gasteiger partial charge is 0.490 e. The number of carbonyl (C=O) groups is 1. The number of benzene rings is 2. The van der Waals surface area contributed by atoms with E-state index >= 15 is 0 Å². The van der Waals surface area contributed by atoms with E-state index in [1.165, 1.54) is 37.4 Å². The highest BCUT2D eigenvalue weighted by atomic mass is 127. The first-order chi connectivity index (χ1) is 14.4. The van der Waals surface area contributed by atoms with Crippen LogP contribution in [0.5, 0.6) is 11.5 Å². The highest BCUT2D eigenvalue weighted by Gasteiger charge is 2.16. The van der Waals surface area contributed by atoms with Crippen LogP contribution in [0.2, 0.25) is 0 Å². The van der Waals surface area contributed by atoms with Gasteiger partial charge in [-0.3, -0.25) is 9.79 Å². The van der Waals surface area contributed by atoms with E-state index in [9.17, 15) is 18.0 Å². The summed E-state index contributed by atoms with van der Waals surface area (Å²) in [6.45, 7) is -0.987. The second kappa shape index (κ2) is 13.6. The Morgan fingerprint density at radius 2 is 1.84 bits per heavy atom. The molecule has 11 heteroatoms. The average molecular weight is 552 g/mol. The number of alkyl halides is 2. The third-order valence-electron chi connectivity index (χ3n) is 3.78. The van der Waals surface area contributed by atoms with Crippen molar-refractivity contribution in [1.29, 1.82) is 0 Å². The first-order valence-corrected chi connectivity index (χ1v) is 9.12. The van der Waals surface area contributed by atoms with Gasteiger partial charge in [0.2, 0.25) is 5.91 Å². The number of rotatable bonds is 9. The van der Waals surface area contributed by atoms with Crippen molar-refractivity contribution in [2.45, 2.75) is 20.1 Å². The maximum atomic E-state index is 12.9. The van der Waals surface area contributed by atoms with Crippen LogP contribution in [-0.4, -0.2) is 38.7 Å². The van der Waals surface area contributed by atoms with E-state index in [0.717, 1.165) is 0 Å². The first-order valence-electron chi connectivity index (χ1n) is 9.12. The molecule has 2 aromatic carbocycles. The Balaban J connectivity index is 0.00000480. The number of anilines is 1. The van der Waals surface area contributed by atoms with Crippen molar-refractivity contribution in [2.24, 2.45) is 4.99 Å². The van der Waals surface area contributed by atoms with Gasteiger partial charge in [0.1, 0.15) is 5.82 Å². The number of para-hydroxylation sites is 1. The molecular weight excluding hydrogens is 528 g/mol. The highest BCUT2D eigenvalue weighted by molar-refractivity contribution is 14.0. The SMILES string of the molecule is CCOc1cccc(CNC(=NC)NCC(=O)Nc2ccc(F)cc2)c1OC(F)F.I. The molecule has 0 spiro atoms. The molecule has 0 aliphatic rings. The van der Waals surface area contributed by atoms with Crippen molar-refractivity contribution in [3.63, 3.8) is 0 Å². The Hall–Kier alpha value is -2.70. The molecule has 1 amide bonds. The standard InChI is InChI=1S/C20H23F3N4O3.HI/c1-3-29-16-6-4-5-13(18(16)30-19(22)23)11-25-20(24-2)26-12-17(28)27-15-9-7-14(21)8-10-15;/h4-10,19H,3,11-12H2,1-2H3,(H,27,28)(H2,24,25,26);1H. The molecule has 0 fully saturated rings. The summed E-state index contributed by atoms with van der Waals surface area (Å²) in [5, 5.41) is 8.33. The molecule has 0 bridgehead atoms. The molecule has 0 aliphatic heterocycles. The van der Waals surface area contributed by atoms with Crippen molar-refractivity contribution in [1.82, 2.24) is 10.6 Å². The monoisotopic (exact) mass is 552 g/mol. The van der Waals surface area contributed by atoms with Crippen LogP contribution in [0.1, 0.15) is 12.5 Å². The van der Waals surface area contributed by atoms with E-state index in [-0.39, 0.29) is 60.4 Å². The summed E-state index contributed by atoms with van der Waals surface area (Å²) >= 11 is 0. The summed E-state index contributed by atoms with van der Waals surface area (Å²) in [7, 11) is 1.50. The predicted octanol–water partition coefficient (Wildman–Crippen LogP) is 3.75. The lowest BCUT2D eigenvalue weighted by Crippen LogP contribution is -2.41. The molecule has 3 N–H and O–H groups in total. The molecule has 170 valence electrons. The van der Waals surface area contributed by atoms with Gasteiger partial charge in [-0.2, -0.15) is 8.78 Å². The van der Waals surface area contributed by atoms with Crippen LogP contribution < -0.4 is 25.4 Å². The summed E-state index contributed by atoms with van der Waals surface area (Å²) in [5.74, 6) is -0.358. The van der Waals surface area contributed by atoms with Crippen molar-refractivity contribution >= 4 is 41.5 Å². The molecule has 2 aromatic rings. The van der Waals surface area contributed by atoms with Crippen LogP contribution in [0, 0.1) is 5.82 Å². The molecule has 31 heavy (non-hydrogen) atoms. The zero-order valence-corrected chi connectivity index (χ0v) is 19.3. The Morgan fingerprint density at radius 1 is 1.13 bits per heavy atom. The van der Waals surface area contributed by atoms with E-state index in [0.29, 0.717) is 17.9 Å². The van der Waals surface area contributed by atoms with E-state index in [1.54, 1.807) is 19.1 Å². The summed E-state index contributed by atoms with van der Waals surface area (Å²) in [4.78, 5) is 16.0. The first kappa shape index (κ1) is 26.3. The molecule has 0 saturated heterocycles. The zero-order chi connectivity index (χ0) is 21.9. The van der Waals surface area contributed by atoms with E-state index < -0.39 is 12.4 Å². The zero-order valence-electron chi connectivity index (χ0n) is 17.0. The molecule has 0 saturated carbocycles. The van der Waals surface area contributed by atoms with Gasteiger partial charge >= 0.3 is 6.61 Å². The van der Waals surface area contributed by atoms with Crippen LogP contribution in [0.3, 0.4) is 0 Å². The fourth-order valence-electron chi connectivity index (χ4n) is 2.49. The van der Waals surface area contributed by atoms with Gasteiger partial charge < -0.3 is 25.4 Å². The van der Waals surface area contributed by atoms with Gasteiger partial charge in [-0.05, 0) is 37.3 Å². The van der Waals surface area contributed by atoms with E-state index in [4.69, 9.17) is 4.74 Å². The van der Waals surface area contributed by atoms with Crippen molar-refractivity contribution in [3.05, 3.63) is 53.8 Å².